The number of nitrogens with two attached hydrogens (primary N) is 1. The van der Waals surface area contributed by atoms with Crippen molar-refractivity contribution in [2.24, 2.45) is 5.73 Å². The summed E-state index contributed by atoms with van der Waals surface area (Å²) in [4.78, 5) is 27.1. The van der Waals surface area contributed by atoms with E-state index in [0.717, 1.165) is 55.1 Å². The number of carbonyl (C=O) groups is 1. The quantitative estimate of drug-likeness (QED) is 0.469. The molecule has 0 radical (unpaired) electrons. The predicted octanol–water partition coefficient (Wildman–Crippen LogP) is 4.11. The summed E-state index contributed by atoms with van der Waals surface area (Å²) in [5, 5.41) is 1.21. The minimum absolute atomic E-state index is 0.264. The predicted molar refractivity (Wildman–Crippen MR) is 128 cm³/mol. The Morgan fingerprint density at radius 3 is 2.64 bits per heavy atom. The van der Waals surface area contributed by atoms with Crippen molar-refractivity contribution in [3.8, 4) is 17.0 Å². The zero-order valence-corrected chi connectivity index (χ0v) is 18.6. The lowest BCUT2D eigenvalue weighted by atomic mass is 9.95. The number of amides is 1. The molecule has 3 heterocycles. The second-order valence-corrected chi connectivity index (χ2v) is 8.48. The van der Waals surface area contributed by atoms with Gasteiger partial charge >= 0.3 is 0 Å². The number of likely N-dealkylation sites (tertiary alicyclic amines) is 1. The highest BCUT2D eigenvalue weighted by atomic mass is 16.5. The van der Waals surface area contributed by atoms with Crippen molar-refractivity contribution in [2.45, 2.75) is 25.3 Å². The van der Waals surface area contributed by atoms with E-state index in [1.54, 1.807) is 7.11 Å². The molecule has 7 heteroatoms. The van der Waals surface area contributed by atoms with Crippen LogP contribution in [0.5, 0.6) is 5.75 Å². The maximum atomic E-state index is 12.1. The molecule has 0 unspecified atom stereocenters. The van der Waals surface area contributed by atoms with Gasteiger partial charge in [0.15, 0.2) is 0 Å². The Kier molecular flexibility index (Phi) is 5.79. The van der Waals surface area contributed by atoms with Crippen molar-refractivity contribution in [1.29, 1.82) is 0 Å². The van der Waals surface area contributed by atoms with Crippen molar-refractivity contribution in [2.75, 3.05) is 20.2 Å². The minimum atomic E-state index is -0.499. The standard InChI is InChI=1S/C26H27N5O2/c1-33-20-9-7-17(8-10-20)23-24(25(27)32)30-26(29-23)18-11-14-31(15-12-18)16-19-4-2-6-22-21(19)5-3-13-28-22/h2-10,13,18H,11-12,14-16H2,1H3,(H2,27,32)(H,29,30). The highest BCUT2D eigenvalue weighted by molar-refractivity contribution is 5.97. The maximum Gasteiger partial charge on any atom is 0.267 e. The number of pyridine rings is 1. The van der Waals surface area contributed by atoms with Gasteiger partial charge in [0, 0.05) is 29.6 Å². The number of carbonyl (C=O) groups excluding carboxylic acids is 1. The van der Waals surface area contributed by atoms with E-state index < -0.39 is 5.91 Å². The summed E-state index contributed by atoms with van der Waals surface area (Å²) < 4.78 is 5.23. The van der Waals surface area contributed by atoms with Crippen molar-refractivity contribution >= 4 is 16.8 Å². The normalized spacial score (nSPS) is 15.1. The van der Waals surface area contributed by atoms with Gasteiger partial charge in [-0.05, 0) is 67.9 Å². The Morgan fingerprint density at radius 1 is 1.12 bits per heavy atom. The summed E-state index contributed by atoms with van der Waals surface area (Å²) in [6.45, 7) is 2.83. The fourth-order valence-corrected chi connectivity index (χ4v) is 4.63. The molecule has 168 valence electrons. The molecule has 7 nitrogen and oxygen atoms in total. The van der Waals surface area contributed by atoms with Gasteiger partial charge in [-0.25, -0.2) is 4.98 Å². The molecule has 0 bridgehead atoms. The third-order valence-corrected chi connectivity index (χ3v) is 6.44. The smallest absolute Gasteiger partial charge is 0.267 e. The lowest BCUT2D eigenvalue weighted by Crippen LogP contribution is -2.32. The molecule has 1 fully saturated rings. The van der Waals surface area contributed by atoms with Crippen molar-refractivity contribution < 1.29 is 9.53 Å². The van der Waals surface area contributed by atoms with Gasteiger partial charge in [0.2, 0.25) is 0 Å². The third kappa shape index (κ3) is 4.32. The lowest BCUT2D eigenvalue weighted by Gasteiger charge is -2.31. The van der Waals surface area contributed by atoms with Gasteiger partial charge in [-0.15, -0.1) is 0 Å². The number of aromatic nitrogens is 3. The number of hydrogen-bond donors (Lipinski definition) is 2. The third-order valence-electron chi connectivity index (χ3n) is 6.44. The molecule has 1 aliphatic rings. The molecule has 0 aliphatic carbocycles. The minimum Gasteiger partial charge on any atom is -0.497 e. The Hall–Kier alpha value is -3.71. The fourth-order valence-electron chi connectivity index (χ4n) is 4.63. The first-order valence-electron chi connectivity index (χ1n) is 11.2. The maximum absolute atomic E-state index is 12.1. The second kappa shape index (κ2) is 9.03. The zero-order chi connectivity index (χ0) is 22.8. The van der Waals surface area contributed by atoms with Gasteiger partial charge in [-0.1, -0.05) is 18.2 Å². The largest absolute Gasteiger partial charge is 0.497 e. The molecule has 3 N–H and O–H groups in total. The SMILES string of the molecule is COc1ccc(-c2nc(C3CCN(Cc4cccc5ncccc45)CC3)[nH]c2C(N)=O)cc1. The van der Waals surface area contributed by atoms with Gasteiger partial charge in [-0.3, -0.25) is 14.7 Å². The first-order chi connectivity index (χ1) is 16.1. The summed E-state index contributed by atoms with van der Waals surface area (Å²) >= 11 is 0. The second-order valence-electron chi connectivity index (χ2n) is 8.48. The van der Waals surface area contributed by atoms with Crippen LogP contribution in [-0.2, 0) is 6.54 Å². The van der Waals surface area contributed by atoms with Crippen molar-refractivity contribution in [3.05, 3.63) is 77.9 Å². The van der Waals surface area contributed by atoms with Gasteiger partial charge in [0.1, 0.15) is 23.0 Å². The zero-order valence-electron chi connectivity index (χ0n) is 18.6. The highest BCUT2D eigenvalue weighted by Gasteiger charge is 2.26. The highest BCUT2D eigenvalue weighted by Crippen LogP contribution is 2.31. The number of imidazole rings is 1. The monoisotopic (exact) mass is 441 g/mol. The van der Waals surface area contributed by atoms with Crippen LogP contribution in [-0.4, -0.2) is 46.0 Å². The number of fused-ring (bicyclic) bond motifs is 1. The van der Waals surface area contributed by atoms with E-state index >= 15 is 0 Å². The van der Waals surface area contributed by atoms with Crippen LogP contribution in [0.1, 0.15) is 40.6 Å². The molecule has 1 amide bonds. The average molecular weight is 442 g/mol. The van der Waals surface area contributed by atoms with E-state index in [9.17, 15) is 4.79 Å². The van der Waals surface area contributed by atoms with E-state index in [1.165, 1.54) is 10.9 Å². The average Bonchev–Trinajstić information content (AvgIpc) is 3.31. The molecule has 4 aromatic rings. The van der Waals surface area contributed by atoms with E-state index in [-0.39, 0.29) is 5.92 Å². The van der Waals surface area contributed by atoms with E-state index in [0.29, 0.717) is 11.4 Å². The number of rotatable bonds is 6. The number of nitrogens with zero attached hydrogens (tertiary/aromatic N) is 3. The number of hydrogen-bond acceptors (Lipinski definition) is 5. The Labute approximate surface area is 192 Å². The first kappa shape index (κ1) is 21.2. The molecule has 1 saturated heterocycles. The van der Waals surface area contributed by atoms with Gasteiger partial charge in [0.25, 0.3) is 5.91 Å². The molecule has 1 aliphatic heterocycles. The lowest BCUT2D eigenvalue weighted by molar-refractivity contribution is 0.0996. The summed E-state index contributed by atoms with van der Waals surface area (Å²) in [6, 6.07) is 17.9. The van der Waals surface area contributed by atoms with Gasteiger partial charge < -0.3 is 15.5 Å². The number of aromatic amines is 1. The van der Waals surface area contributed by atoms with Crippen LogP contribution in [0, 0.1) is 0 Å². The van der Waals surface area contributed by atoms with Crippen LogP contribution >= 0.6 is 0 Å². The first-order valence-corrected chi connectivity index (χ1v) is 11.2. The van der Waals surface area contributed by atoms with E-state index in [4.69, 9.17) is 15.5 Å². The summed E-state index contributed by atoms with van der Waals surface area (Å²) in [6.07, 6.45) is 3.77. The number of piperidine rings is 1. The van der Waals surface area contributed by atoms with E-state index in [2.05, 4.69) is 39.1 Å². The molecule has 33 heavy (non-hydrogen) atoms. The van der Waals surface area contributed by atoms with Crippen LogP contribution in [0.15, 0.2) is 60.8 Å². The fraction of sp³-hybridized carbons (Fsp3) is 0.269. The summed E-state index contributed by atoms with van der Waals surface area (Å²) in [7, 11) is 1.63. The topological polar surface area (TPSA) is 97.1 Å². The van der Waals surface area contributed by atoms with E-state index in [1.807, 2.05) is 36.5 Å². The molecule has 0 spiro atoms. The number of ether oxygens (including phenoxy) is 1. The number of H-pyrrole nitrogens is 1. The number of methoxy groups -OCH3 is 1. The van der Waals surface area contributed by atoms with Crippen LogP contribution in [0.3, 0.4) is 0 Å². The molecule has 2 aromatic heterocycles. The molecular formula is C26H27N5O2. The van der Waals surface area contributed by atoms with Crippen molar-refractivity contribution in [1.82, 2.24) is 19.9 Å². The van der Waals surface area contributed by atoms with Crippen LogP contribution in [0.2, 0.25) is 0 Å². The van der Waals surface area contributed by atoms with Gasteiger partial charge in [0.05, 0.1) is 12.6 Å². The Morgan fingerprint density at radius 2 is 1.91 bits per heavy atom. The molecule has 0 atom stereocenters. The van der Waals surface area contributed by atoms with Crippen LogP contribution in [0.4, 0.5) is 0 Å². The van der Waals surface area contributed by atoms with Crippen LogP contribution < -0.4 is 10.5 Å². The van der Waals surface area contributed by atoms with Crippen LogP contribution in [0.25, 0.3) is 22.2 Å². The molecule has 2 aromatic carbocycles. The number of benzene rings is 2. The summed E-state index contributed by atoms with van der Waals surface area (Å²) in [5.74, 6) is 1.36. The molecule has 0 saturated carbocycles. The summed E-state index contributed by atoms with van der Waals surface area (Å²) in [5.41, 5.74) is 9.80. The molecule has 5 rings (SSSR count). The van der Waals surface area contributed by atoms with Crippen molar-refractivity contribution in [3.63, 3.8) is 0 Å². The number of primary amides is 1. The molecular weight excluding hydrogens is 414 g/mol. The van der Waals surface area contributed by atoms with Gasteiger partial charge in [-0.2, -0.15) is 0 Å². The Bertz CT molecular complexity index is 1270. The Balaban J connectivity index is 1.31. The number of nitrogens with one attached hydrogen (secondary N) is 1.